The van der Waals surface area contributed by atoms with Crippen LogP contribution in [0.5, 0.6) is 0 Å². The number of nitrogens with one attached hydrogen (secondary N) is 1. The Morgan fingerprint density at radius 1 is 1.50 bits per heavy atom. The molecule has 1 saturated carbocycles. The monoisotopic (exact) mass is 159 g/mol. The van der Waals surface area contributed by atoms with E-state index < -0.39 is 0 Å². The molecule has 60 valence electrons. The van der Waals surface area contributed by atoms with Crippen LogP contribution in [0.2, 0.25) is 0 Å². The summed E-state index contributed by atoms with van der Waals surface area (Å²) in [5, 5.41) is 4.41. The van der Waals surface area contributed by atoms with Crippen LogP contribution in [-0.4, -0.2) is 24.1 Å². The van der Waals surface area contributed by atoms with Gasteiger partial charge >= 0.3 is 0 Å². The second kappa shape index (κ2) is 4.24. The minimum atomic E-state index is 0.806. The zero-order chi connectivity index (χ0) is 7.40. The Kier molecular flexibility index (Phi) is 3.57. The highest BCUT2D eigenvalue weighted by atomic mass is 32.2. The molecule has 0 radical (unpaired) electrons. The molecule has 1 rings (SSSR count). The molecule has 0 spiro atoms. The van der Waals surface area contributed by atoms with Gasteiger partial charge in [-0.15, -0.1) is 0 Å². The van der Waals surface area contributed by atoms with E-state index in [9.17, 15) is 0 Å². The molecule has 1 fully saturated rings. The molecule has 10 heavy (non-hydrogen) atoms. The highest BCUT2D eigenvalue weighted by molar-refractivity contribution is 7.99. The molecule has 0 aromatic heterocycles. The third kappa shape index (κ3) is 1.89. The molecule has 0 aliphatic heterocycles. The van der Waals surface area contributed by atoms with Crippen LogP contribution in [0.1, 0.15) is 26.2 Å². The maximum Gasteiger partial charge on any atom is 0.0198 e. The first-order chi connectivity index (χ1) is 4.88. The molecule has 0 aromatic carbocycles. The Hall–Kier alpha value is 0.310. The van der Waals surface area contributed by atoms with Crippen molar-refractivity contribution < 1.29 is 0 Å². The smallest absolute Gasteiger partial charge is 0.0198 e. The van der Waals surface area contributed by atoms with Gasteiger partial charge in [-0.2, -0.15) is 11.8 Å². The summed E-state index contributed by atoms with van der Waals surface area (Å²) in [6.07, 6.45) is 6.45. The summed E-state index contributed by atoms with van der Waals surface area (Å²) in [4.78, 5) is 0. The molecular formula is C8H17NS. The average molecular weight is 159 g/mol. The first-order valence-corrected chi connectivity index (χ1v) is 5.43. The molecule has 1 aliphatic carbocycles. The standard InChI is InChI=1S/C8H17NS/c1-3-9-7-5-4-6-8(7)10-2/h7-9H,3-6H2,1-2H3. The van der Waals surface area contributed by atoms with Crippen molar-refractivity contribution in [1.82, 2.24) is 5.32 Å². The van der Waals surface area contributed by atoms with Crippen LogP contribution in [0.3, 0.4) is 0 Å². The van der Waals surface area contributed by atoms with E-state index in [4.69, 9.17) is 0 Å². The summed E-state index contributed by atoms with van der Waals surface area (Å²) < 4.78 is 0. The molecule has 1 aliphatic rings. The van der Waals surface area contributed by atoms with Crippen molar-refractivity contribution in [3.8, 4) is 0 Å². The van der Waals surface area contributed by atoms with Crippen LogP contribution in [0.25, 0.3) is 0 Å². The average Bonchev–Trinajstić information content (AvgIpc) is 2.36. The van der Waals surface area contributed by atoms with E-state index in [0.717, 1.165) is 17.8 Å². The molecule has 2 atom stereocenters. The Balaban J connectivity index is 2.27. The van der Waals surface area contributed by atoms with Crippen molar-refractivity contribution in [3.05, 3.63) is 0 Å². The molecule has 1 nitrogen and oxygen atoms in total. The second-order valence-electron chi connectivity index (χ2n) is 2.87. The fourth-order valence-corrected chi connectivity index (χ4v) is 2.67. The van der Waals surface area contributed by atoms with Crippen molar-refractivity contribution >= 4 is 11.8 Å². The van der Waals surface area contributed by atoms with Gasteiger partial charge in [0.15, 0.2) is 0 Å². The fraction of sp³-hybridized carbons (Fsp3) is 1.00. The van der Waals surface area contributed by atoms with Gasteiger partial charge in [0.1, 0.15) is 0 Å². The summed E-state index contributed by atoms with van der Waals surface area (Å²) in [5.74, 6) is 0. The predicted molar refractivity (Wildman–Crippen MR) is 48.6 cm³/mol. The normalized spacial score (nSPS) is 33.0. The topological polar surface area (TPSA) is 12.0 Å². The molecule has 2 heteroatoms. The van der Waals surface area contributed by atoms with Crippen molar-refractivity contribution in [1.29, 1.82) is 0 Å². The Bertz CT molecular complexity index is 95.3. The third-order valence-electron chi connectivity index (χ3n) is 2.22. The molecule has 0 bridgehead atoms. The van der Waals surface area contributed by atoms with E-state index >= 15 is 0 Å². The molecule has 1 N–H and O–H groups in total. The first kappa shape index (κ1) is 8.41. The Morgan fingerprint density at radius 3 is 2.90 bits per heavy atom. The van der Waals surface area contributed by atoms with Crippen LogP contribution in [0.4, 0.5) is 0 Å². The predicted octanol–water partition coefficient (Wildman–Crippen LogP) is 1.88. The van der Waals surface area contributed by atoms with Crippen molar-refractivity contribution in [2.75, 3.05) is 12.8 Å². The number of rotatable bonds is 3. The molecule has 0 heterocycles. The van der Waals surface area contributed by atoms with Gasteiger partial charge in [-0.05, 0) is 25.6 Å². The zero-order valence-corrected chi connectivity index (χ0v) is 7.71. The van der Waals surface area contributed by atoms with Crippen molar-refractivity contribution in [3.63, 3.8) is 0 Å². The lowest BCUT2D eigenvalue weighted by atomic mass is 10.2. The molecule has 0 saturated heterocycles. The SMILES string of the molecule is CCNC1CCCC1SC. The van der Waals surface area contributed by atoms with Gasteiger partial charge in [0.05, 0.1) is 0 Å². The van der Waals surface area contributed by atoms with E-state index in [-0.39, 0.29) is 0 Å². The highest BCUT2D eigenvalue weighted by Crippen LogP contribution is 2.27. The van der Waals surface area contributed by atoms with Crippen molar-refractivity contribution in [2.24, 2.45) is 0 Å². The van der Waals surface area contributed by atoms with E-state index in [0.29, 0.717) is 0 Å². The Labute approximate surface area is 68.0 Å². The van der Waals surface area contributed by atoms with Gasteiger partial charge in [0, 0.05) is 11.3 Å². The third-order valence-corrected chi connectivity index (χ3v) is 3.39. The summed E-state index contributed by atoms with van der Waals surface area (Å²) in [7, 11) is 0. The van der Waals surface area contributed by atoms with Crippen LogP contribution < -0.4 is 5.32 Å². The second-order valence-corrected chi connectivity index (χ2v) is 3.95. The number of hydrogen-bond acceptors (Lipinski definition) is 2. The lowest BCUT2D eigenvalue weighted by Crippen LogP contribution is -2.33. The van der Waals surface area contributed by atoms with Gasteiger partial charge in [-0.1, -0.05) is 13.3 Å². The quantitative estimate of drug-likeness (QED) is 0.675. The zero-order valence-electron chi connectivity index (χ0n) is 6.89. The summed E-state index contributed by atoms with van der Waals surface area (Å²) in [6.45, 7) is 3.32. The molecule has 0 amide bonds. The van der Waals surface area contributed by atoms with Gasteiger partial charge in [-0.25, -0.2) is 0 Å². The minimum Gasteiger partial charge on any atom is -0.313 e. The first-order valence-electron chi connectivity index (χ1n) is 4.14. The van der Waals surface area contributed by atoms with Gasteiger partial charge in [0.25, 0.3) is 0 Å². The molecule has 2 unspecified atom stereocenters. The van der Waals surface area contributed by atoms with Gasteiger partial charge in [-0.3, -0.25) is 0 Å². The summed E-state index contributed by atoms with van der Waals surface area (Å²) >= 11 is 2.02. The maximum atomic E-state index is 3.52. The molecule has 0 aromatic rings. The number of thioether (sulfide) groups is 1. The van der Waals surface area contributed by atoms with E-state index in [1.165, 1.54) is 19.3 Å². The van der Waals surface area contributed by atoms with Gasteiger partial charge in [0.2, 0.25) is 0 Å². The Morgan fingerprint density at radius 2 is 2.30 bits per heavy atom. The lowest BCUT2D eigenvalue weighted by molar-refractivity contribution is 0.551. The summed E-state index contributed by atoms with van der Waals surface area (Å²) in [6, 6.07) is 0.806. The van der Waals surface area contributed by atoms with Crippen LogP contribution in [-0.2, 0) is 0 Å². The minimum absolute atomic E-state index is 0.806. The fourth-order valence-electron chi connectivity index (χ4n) is 1.70. The van der Waals surface area contributed by atoms with Crippen LogP contribution >= 0.6 is 11.8 Å². The van der Waals surface area contributed by atoms with E-state index in [1.807, 2.05) is 11.8 Å². The summed E-state index contributed by atoms with van der Waals surface area (Å²) in [5.41, 5.74) is 0. The van der Waals surface area contributed by atoms with Crippen LogP contribution in [0, 0.1) is 0 Å². The largest absolute Gasteiger partial charge is 0.313 e. The molecular weight excluding hydrogens is 142 g/mol. The van der Waals surface area contributed by atoms with Gasteiger partial charge < -0.3 is 5.32 Å². The lowest BCUT2D eigenvalue weighted by Gasteiger charge is -2.17. The van der Waals surface area contributed by atoms with Crippen molar-refractivity contribution in [2.45, 2.75) is 37.5 Å². The highest BCUT2D eigenvalue weighted by Gasteiger charge is 2.24. The maximum absolute atomic E-state index is 3.52. The van der Waals surface area contributed by atoms with E-state index in [1.54, 1.807) is 0 Å². The van der Waals surface area contributed by atoms with Crippen LogP contribution in [0.15, 0.2) is 0 Å². The van der Waals surface area contributed by atoms with E-state index in [2.05, 4.69) is 18.5 Å². The number of hydrogen-bond donors (Lipinski definition) is 1.